The molecule has 2 aromatic heterocycles. The zero-order valence-corrected chi connectivity index (χ0v) is 18.5. The van der Waals surface area contributed by atoms with Gasteiger partial charge in [0.05, 0.1) is 29.8 Å². The van der Waals surface area contributed by atoms with E-state index in [1.54, 1.807) is 9.42 Å². The lowest BCUT2D eigenvalue weighted by atomic mass is 10.1. The van der Waals surface area contributed by atoms with Gasteiger partial charge in [-0.2, -0.15) is 0 Å². The van der Waals surface area contributed by atoms with Gasteiger partial charge in [0.1, 0.15) is 0 Å². The highest BCUT2D eigenvalue weighted by Gasteiger charge is 2.30. The van der Waals surface area contributed by atoms with Gasteiger partial charge in [-0.25, -0.2) is 9.50 Å². The van der Waals surface area contributed by atoms with E-state index in [0.29, 0.717) is 16.5 Å². The van der Waals surface area contributed by atoms with Gasteiger partial charge in [0, 0.05) is 25.1 Å². The fourth-order valence-corrected chi connectivity index (χ4v) is 4.75. The molecule has 32 heavy (non-hydrogen) atoms. The smallest absolute Gasteiger partial charge is 0.246 e. The Hall–Kier alpha value is -3.72. The minimum atomic E-state index is -0.249. The lowest BCUT2D eigenvalue weighted by Crippen LogP contribution is -2.44. The Morgan fingerprint density at radius 2 is 1.94 bits per heavy atom. The Morgan fingerprint density at radius 3 is 2.72 bits per heavy atom. The minimum Gasteiger partial charge on any atom is -0.340 e. The van der Waals surface area contributed by atoms with Crippen LogP contribution in [0.5, 0.6) is 0 Å². The van der Waals surface area contributed by atoms with Gasteiger partial charge >= 0.3 is 0 Å². The SMILES string of the molecule is CC1CC(=O)Nc2ccccc2N1C(=O)CN(C)c1nn2cc(-c3ccccc3)nc2s1. The number of hydrogen-bond acceptors (Lipinski definition) is 6. The van der Waals surface area contributed by atoms with Crippen LogP contribution >= 0.6 is 11.3 Å². The second-order valence-corrected chi connectivity index (χ2v) is 8.78. The average molecular weight is 447 g/mol. The summed E-state index contributed by atoms with van der Waals surface area (Å²) in [6, 6.07) is 17.1. The lowest BCUT2D eigenvalue weighted by Gasteiger charge is -2.29. The molecule has 0 saturated heterocycles. The highest BCUT2D eigenvalue weighted by atomic mass is 32.1. The topological polar surface area (TPSA) is 82.8 Å². The Morgan fingerprint density at radius 1 is 1.19 bits per heavy atom. The number of fused-ring (bicyclic) bond motifs is 2. The third-order valence-electron chi connectivity index (χ3n) is 5.43. The monoisotopic (exact) mass is 446 g/mol. The molecule has 1 atom stereocenters. The number of imidazole rings is 1. The number of para-hydroxylation sites is 2. The predicted molar refractivity (Wildman–Crippen MR) is 126 cm³/mol. The van der Waals surface area contributed by atoms with Crippen LogP contribution in [0.1, 0.15) is 13.3 Å². The zero-order valence-electron chi connectivity index (χ0n) is 17.7. The number of benzene rings is 2. The molecule has 2 aromatic carbocycles. The first-order chi connectivity index (χ1) is 15.5. The molecule has 0 radical (unpaired) electrons. The number of likely N-dealkylation sites (N-methyl/N-ethyl adjacent to an activating group) is 1. The van der Waals surface area contributed by atoms with Gasteiger partial charge in [0.15, 0.2) is 0 Å². The van der Waals surface area contributed by atoms with Crippen molar-refractivity contribution in [3.05, 3.63) is 60.8 Å². The summed E-state index contributed by atoms with van der Waals surface area (Å²) in [5.41, 5.74) is 3.26. The van der Waals surface area contributed by atoms with Crippen LogP contribution in [0.4, 0.5) is 16.5 Å². The molecule has 2 amide bonds. The molecule has 0 saturated carbocycles. The Labute approximate surface area is 189 Å². The standard InChI is InChI=1S/C23H22N6O2S/c1-15-12-20(30)24-17-10-6-7-11-19(17)29(15)21(31)14-27(2)23-26-28-13-18(25-22(28)32-23)16-8-4-3-5-9-16/h3-11,13,15H,12,14H2,1-2H3,(H,24,30). The molecule has 9 heteroatoms. The Balaban J connectivity index is 1.37. The van der Waals surface area contributed by atoms with Crippen LogP contribution in [0, 0.1) is 0 Å². The lowest BCUT2D eigenvalue weighted by molar-refractivity contribution is -0.118. The van der Waals surface area contributed by atoms with Crippen LogP contribution in [-0.2, 0) is 9.59 Å². The summed E-state index contributed by atoms with van der Waals surface area (Å²) < 4.78 is 1.75. The molecule has 0 spiro atoms. The van der Waals surface area contributed by atoms with Crippen molar-refractivity contribution >= 4 is 44.6 Å². The van der Waals surface area contributed by atoms with Crippen molar-refractivity contribution in [3.63, 3.8) is 0 Å². The maximum absolute atomic E-state index is 13.3. The summed E-state index contributed by atoms with van der Waals surface area (Å²) in [6.45, 7) is 2.03. The van der Waals surface area contributed by atoms with Crippen LogP contribution in [0.25, 0.3) is 16.2 Å². The van der Waals surface area contributed by atoms with Gasteiger partial charge in [-0.3, -0.25) is 9.59 Å². The van der Waals surface area contributed by atoms with E-state index in [2.05, 4.69) is 15.4 Å². The van der Waals surface area contributed by atoms with E-state index in [-0.39, 0.29) is 30.8 Å². The highest BCUT2D eigenvalue weighted by molar-refractivity contribution is 7.20. The molecule has 5 rings (SSSR count). The van der Waals surface area contributed by atoms with E-state index in [9.17, 15) is 9.59 Å². The average Bonchev–Trinajstić information content (AvgIpc) is 3.31. The van der Waals surface area contributed by atoms with Crippen LogP contribution in [0.2, 0.25) is 0 Å². The van der Waals surface area contributed by atoms with Crippen LogP contribution < -0.4 is 15.1 Å². The van der Waals surface area contributed by atoms with Gasteiger partial charge in [-0.15, -0.1) is 5.10 Å². The largest absolute Gasteiger partial charge is 0.340 e. The number of rotatable bonds is 4. The number of nitrogens with one attached hydrogen (secondary N) is 1. The van der Waals surface area contributed by atoms with Crippen molar-refractivity contribution in [1.29, 1.82) is 0 Å². The van der Waals surface area contributed by atoms with Gasteiger partial charge in [0.2, 0.25) is 21.9 Å². The zero-order chi connectivity index (χ0) is 22.2. The molecule has 1 aliphatic heterocycles. The fraction of sp³-hybridized carbons (Fsp3) is 0.217. The quantitative estimate of drug-likeness (QED) is 0.517. The van der Waals surface area contributed by atoms with E-state index in [4.69, 9.17) is 0 Å². The Kier molecular flexibility index (Phi) is 5.10. The van der Waals surface area contributed by atoms with Crippen molar-refractivity contribution in [1.82, 2.24) is 14.6 Å². The van der Waals surface area contributed by atoms with Crippen LogP contribution in [0.3, 0.4) is 0 Å². The van der Waals surface area contributed by atoms with Crippen LogP contribution in [-0.4, -0.2) is 46.0 Å². The molecule has 1 unspecified atom stereocenters. The summed E-state index contributed by atoms with van der Waals surface area (Å²) >= 11 is 1.43. The van der Waals surface area contributed by atoms with Gasteiger partial charge in [-0.1, -0.05) is 53.8 Å². The number of amides is 2. The third-order valence-corrected chi connectivity index (χ3v) is 6.47. The van der Waals surface area contributed by atoms with Gasteiger partial charge < -0.3 is 15.1 Å². The second-order valence-electron chi connectivity index (χ2n) is 7.84. The van der Waals surface area contributed by atoms with E-state index in [1.165, 1.54) is 11.3 Å². The summed E-state index contributed by atoms with van der Waals surface area (Å²) in [7, 11) is 1.84. The third kappa shape index (κ3) is 3.71. The van der Waals surface area contributed by atoms with E-state index in [0.717, 1.165) is 16.2 Å². The van der Waals surface area contributed by atoms with Crippen molar-refractivity contribution in [2.75, 3.05) is 28.7 Å². The first kappa shape index (κ1) is 20.2. The molecule has 0 bridgehead atoms. The van der Waals surface area contributed by atoms with Crippen molar-refractivity contribution < 1.29 is 9.59 Å². The maximum atomic E-state index is 13.3. The first-order valence-electron chi connectivity index (χ1n) is 10.3. The van der Waals surface area contributed by atoms with E-state index < -0.39 is 0 Å². The molecule has 1 aliphatic rings. The normalized spacial score (nSPS) is 15.9. The number of hydrogen-bond donors (Lipinski definition) is 1. The molecular weight excluding hydrogens is 424 g/mol. The predicted octanol–water partition coefficient (Wildman–Crippen LogP) is 3.66. The van der Waals surface area contributed by atoms with Crippen molar-refractivity contribution in [2.24, 2.45) is 0 Å². The number of nitrogens with zero attached hydrogens (tertiary/aromatic N) is 5. The molecule has 0 aliphatic carbocycles. The maximum Gasteiger partial charge on any atom is 0.246 e. The first-order valence-corrected chi connectivity index (χ1v) is 11.1. The molecule has 3 heterocycles. The minimum absolute atomic E-state index is 0.0935. The molecular formula is C23H22N6O2S. The summed E-state index contributed by atoms with van der Waals surface area (Å²) in [4.78, 5) is 34.5. The van der Waals surface area contributed by atoms with Gasteiger partial charge in [0.25, 0.3) is 0 Å². The molecule has 8 nitrogen and oxygen atoms in total. The number of aromatic nitrogens is 3. The van der Waals surface area contributed by atoms with Crippen LogP contribution in [0.15, 0.2) is 60.8 Å². The summed E-state index contributed by atoms with van der Waals surface area (Å²) in [5, 5.41) is 8.20. The number of carbonyl (C=O) groups excluding carboxylic acids is 2. The number of anilines is 3. The summed E-state index contributed by atoms with van der Waals surface area (Å²) in [5.74, 6) is -0.189. The van der Waals surface area contributed by atoms with Crippen molar-refractivity contribution in [2.45, 2.75) is 19.4 Å². The molecule has 162 valence electrons. The fourth-order valence-electron chi connectivity index (χ4n) is 3.91. The summed E-state index contributed by atoms with van der Waals surface area (Å²) in [6.07, 6.45) is 2.14. The highest BCUT2D eigenvalue weighted by Crippen LogP contribution is 2.32. The molecule has 1 N–H and O–H groups in total. The van der Waals surface area contributed by atoms with Gasteiger partial charge in [-0.05, 0) is 19.1 Å². The van der Waals surface area contributed by atoms with Crippen molar-refractivity contribution in [3.8, 4) is 11.3 Å². The number of carbonyl (C=O) groups is 2. The van der Waals surface area contributed by atoms with E-state index >= 15 is 0 Å². The molecule has 0 fully saturated rings. The second kappa shape index (κ2) is 8.08. The Bertz CT molecular complexity index is 1270. The molecule has 4 aromatic rings. The van der Waals surface area contributed by atoms with E-state index in [1.807, 2.05) is 79.7 Å².